The lowest BCUT2D eigenvalue weighted by molar-refractivity contribution is -0.128. The minimum absolute atomic E-state index is 0.145. The van der Waals surface area contributed by atoms with Crippen LogP contribution in [0.15, 0.2) is 0 Å². The summed E-state index contributed by atoms with van der Waals surface area (Å²) in [5, 5.41) is 3.14. The summed E-state index contributed by atoms with van der Waals surface area (Å²) in [6.07, 6.45) is 7.63. The summed E-state index contributed by atoms with van der Waals surface area (Å²) in [7, 11) is 0. The first-order valence-electron chi connectivity index (χ1n) is 6.39. The van der Waals surface area contributed by atoms with Gasteiger partial charge in [-0.2, -0.15) is 0 Å². The molecule has 2 nitrogen and oxygen atoms in total. The highest BCUT2D eigenvalue weighted by Gasteiger charge is 2.56. The molecule has 3 fully saturated rings. The van der Waals surface area contributed by atoms with Crippen molar-refractivity contribution in [2.45, 2.75) is 71.8 Å². The quantitative estimate of drug-likeness (QED) is 0.746. The maximum absolute atomic E-state index is 11.0. The van der Waals surface area contributed by atoms with Gasteiger partial charge in [0.05, 0.1) is 0 Å². The molecule has 2 heteroatoms. The molecular formula is C13H25NO. The van der Waals surface area contributed by atoms with Crippen LogP contribution in [0.2, 0.25) is 0 Å². The van der Waals surface area contributed by atoms with Crippen LogP contribution in [0, 0.1) is 5.41 Å². The molecule has 0 aromatic rings. The Morgan fingerprint density at radius 1 is 1.27 bits per heavy atom. The topological polar surface area (TPSA) is 29.1 Å². The molecule has 1 amide bonds. The highest BCUT2D eigenvalue weighted by Crippen LogP contribution is 2.59. The molecule has 3 aliphatic rings. The van der Waals surface area contributed by atoms with Crippen LogP contribution in [0.25, 0.3) is 0 Å². The van der Waals surface area contributed by atoms with Crippen molar-refractivity contribution in [3.63, 3.8) is 0 Å². The Bertz CT molecular complexity index is 229. The predicted molar refractivity (Wildman–Crippen MR) is 63.7 cm³/mol. The van der Waals surface area contributed by atoms with Gasteiger partial charge in [-0.05, 0) is 31.1 Å². The number of carbonyl (C=O) groups is 1. The third kappa shape index (κ3) is 2.35. The van der Waals surface area contributed by atoms with Gasteiger partial charge >= 0.3 is 0 Å². The van der Waals surface area contributed by atoms with Crippen molar-refractivity contribution in [2.24, 2.45) is 5.41 Å². The zero-order valence-corrected chi connectivity index (χ0v) is 10.7. The Balaban J connectivity index is 0.000000531. The zero-order valence-electron chi connectivity index (χ0n) is 10.7. The van der Waals surface area contributed by atoms with Crippen LogP contribution in [-0.4, -0.2) is 11.4 Å². The van der Waals surface area contributed by atoms with E-state index in [0.717, 1.165) is 0 Å². The van der Waals surface area contributed by atoms with Crippen molar-refractivity contribution in [2.75, 3.05) is 0 Å². The predicted octanol–water partition coefficient (Wildman–Crippen LogP) is 3.26. The normalized spacial score (nSPS) is 37.1. The van der Waals surface area contributed by atoms with Crippen molar-refractivity contribution in [1.82, 2.24) is 5.32 Å². The van der Waals surface area contributed by atoms with Crippen LogP contribution in [0.1, 0.15) is 66.2 Å². The first-order chi connectivity index (χ1) is 7.10. The Morgan fingerprint density at radius 2 is 1.87 bits per heavy atom. The fourth-order valence-corrected chi connectivity index (χ4v) is 3.49. The van der Waals surface area contributed by atoms with E-state index in [0.29, 0.717) is 5.41 Å². The summed E-state index contributed by atoms with van der Waals surface area (Å²) in [6.45, 7) is 7.91. The van der Waals surface area contributed by atoms with Gasteiger partial charge in [0.25, 0.3) is 0 Å². The Morgan fingerprint density at radius 3 is 2.33 bits per heavy atom. The van der Waals surface area contributed by atoms with Gasteiger partial charge in [0.1, 0.15) is 0 Å². The van der Waals surface area contributed by atoms with Crippen LogP contribution in [0.3, 0.4) is 0 Å². The van der Waals surface area contributed by atoms with Crippen molar-refractivity contribution < 1.29 is 4.79 Å². The second-order valence-corrected chi connectivity index (χ2v) is 5.02. The third-order valence-corrected chi connectivity index (χ3v) is 3.98. The van der Waals surface area contributed by atoms with Crippen molar-refractivity contribution >= 4 is 5.91 Å². The molecule has 88 valence electrons. The van der Waals surface area contributed by atoms with E-state index in [-0.39, 0.29) is 11.4 Å². The standard InChI is InChI=1S/C11H19NO.C2H6/c1-3-10-5-4-6-11(7-10,8-10)12-9(2)13;1-2/h3-8H2,1-2H3,(H,12,13);1-2H3. The molecule has 0 unspecified atom stereocenters. The maximum atomic E-state index is 11.0. The van der Waals surface area contributed by atoms with Gasteiger partial charge < -0.3 is 5.32 Å². The van der Waals surface area contributed by atoms with Gasteiger partial charge in [-0.15, -0.1) is 0 Å². The summed E-state index contributed by atoms with van der Waals surface area (Å²) >= 11 is 0. The lowest BCUT2D eigenvalue weighted by Gasteiger charge is -2.61. The van der Waals surface area contributed by atoms with Gasteiger partial charge in [0.15, 0.2) is 0 Å². The van der Waals surface area contributed by atoms with Gasteiger partial charge in [-0.25, -0.2) is 0 Å². The Kier molecular flexibility index (Phi) is 3.80. The Labute approximate surface area is 93.8 Å². The largest absolute Gasteiger partial charge is 0.351 e. The molecular weight excluding hydrogens is 186 g/mol. The summed E-state index contributed by atoms with van der Waals surface area (Å²) < 4.78 is 0. The van der Waals surface area contributed by atoms with E-state index in [2.05, 4.69) is 12.2 Å². The summed E-state index contributed by atoms with van der Waals surface area (Å²) in [4.78, 5) is 11.0. The van der Waals surface area contributed by atoms with Crippen molar-refractivity contribution in [1.29, 1.82) is 0 Å². The maximum Gasteiger partial charge on any atom is 0.217 e. The molecule has 0 radical (unpaired) electrons. The number of hydrogen-bond acceptors (Lipinski definition) is 1. The van der Waals surface area contributed by atoms with Crippen LogP contribution in [-0.2, 0) is 4.79 Å². The molecule has 0 atom stereocenters. The minimum atomic E-state index is 0.145. The molecule has 3 aliphatic carbocycles. The zero-order chi connectivity index (χ0) is 11.5. The van der Waals surface area contributed by atoms with Crippen LogP contribution in [0.5, 0.6) is 0 Å². The SMILES string of the molecule is CC.CCC12CCCC(NC(C)=O)(C1)C2. The summed E-state index contributed by atoms with van der Waals surface area (Å²) in [5.74, 6) is 0.145. The molecule has 3 saturated carbocycles. The van der Waals surface area contributed by atoms with E-state index < -0.39 is 0 Å². The monoisotopic (exact) mass is 211 g/mol. The molecule has 0 aromatic carbocycles. The Hall–Kier alpha value is -0.530. The first-order valence-corrected chi connectivity index (χ1v) is 6.39. The molecule has 0 aliphatic heterocycles. The van der Waals surface area contributed by atoms with Gasteiger partial charge in [0, 0.05) is 12.5 Å². The lowest BCUT2D eigenvalue weighted by atomic mass is 9.49. The molecule has 1 N–H and O–H groups in total. The third-order valence-electron chi connectivity index (χ3n) is 3.98. The number of hydrogen-bond donors (Lipinski definition) is 1. The van der Waals surface area contributed by atoms with Gasteiger partial charge in [0.2, 0.25) is 5.91 Å². The van der Waals surface area contributed by atoms with E-state index in [9.17, 15) is 4.79 Å². The molecule has 2 bridgehead atoms. The minimum Gasteiger partial charge on any atom is -0.351 e. The van der Waals surface area contributed by atoms with E-state index >= 15 is 0 Å². The van der Waals surface area contributed by atoms with Crippen molar-refractivity contribution in [3.05, 3.63) is 0 Å². The molecule has 3 rings (SSSR count). The van der Waals surface area contributed by atoms with Crippen LogP contribution < -0.4 is 5.32 Å². The second-order valence-electron chi connectivity index (χ2n) is 5.02. The smallest absolute Gasteiger partial charge is 0.217 e. The summed E-state index contributed by atoms with van der Waals surface area (Å²) in [5.41, 5.74) is 0.806. The number of amides is 1. The number of rotatable bonds is 2. The van der Waals surface area contributed by atoms with E-state index in [4.69, 9.17) is 0 Å². The van der Waals surface area contributed by atoms with E-state index in [1.807, 2.05) is 13.8 Å². The first kappa shape index (κ1) is 12.5. The number of carbonyl (C=O) groups excluding carboxylic acids is 1. The second kappa shape index (κ2) is 4.54. The fraction of sp³-hybridized carbons (Fsp3) is 0.923. The lowest BCUT2D eigenvalue weighted by Crippen LogP contribution is -2.64. The van der Waals surface area contributed by atoms with Crippen LogP contribution >= 0.6 is 0 Å². The number of nitrogens with one attached hydrogen (secondary N) is 1. The van der Waals surface area contributed by atoms with E-state index in [1.54, 1.807) is 6.92 Å². The van der Waals surface area contributed by atoms with E-state index in [1.165, 1.54) is 38.5 Å². The van der Waals surface area contributed by atoms with Crippen molar-refractivity contribution in [3.8, 4) is 0 Å². The van der Waals surface area contributed by atoms with Crippen LogP contribution in [0.4, 0.5) is 0 Å². The average molecular weight is 211 g/mol. The molecule has 0 saturated heterocycles. The molecule has 15 heavy (non-hydrogen) atoms. The number of fused-ring (bicyclic) bond motifs is 2. The molecule has 0 heterocycles. The summed E-state index contributed by atoms with van der Waals surface area (Å²) in [6, 6.07) is 0. The van der Waals surface area contributed by atoms with Gasteiger partial charge in [-0.1, -0.05) is 33.6 Å². The molecule has 0 spiro atoms. The highest BCUT2D eigenvalue weighted by molar-refractivity contribution is 5.74. The van der Waals surface area contributed by atoms with Gasteiger partial charge in [-0.3, -0.25) is 4.79 Å². The molecule has 0 aromatic heterocycles. The average Bonchev–Trinajstić information content (AvgIpc) is 2.19. The fourth-order valence-electron chi connectivity index (χ4n) is 3.49. The highest BCUT2D eigenvalue weighted by atomic mass is 16.1.